The summed E-state index contributed by atoms with van der Waals surface area (Å²) < 4.78 is 10.9. The number of carbonyl (C=O) groups excluding carboxylic acids is 1. The topological polar surface area (TPSA) is 115 Å². The number of nitrogens with two attached hydrogens (primary N) is 1. The van der Waals surface area contributed by atoms with E-state index in [4.69, 9.17) is 15.2 Å². The van der Waals surface area contributed by atoms with Crippen LogP contribution in [-0.4, -0.2) is 39.6 Å². The number of nitrogens with one attached hydrogen (secondary N) is 2. The van der Waals surface area contributed by atoms with Crippen LogP contribution in [0.1, 0.15) is 6.92 Å². The third-order valence-electron chi connectivity index (χ3n) is 2.94. The smallest absolute Gasteiger partial charge is 0.237 e. The van der Waals surface area contributed by atoms with Crippen molar-refractivity contribution < 1.29 is 14.3 Å². The van der Waals surface area contributed by atoms with Gasteiger partial charge in [-0.1, -0.05) is 11.8 Å². The molecule has 0 spiro atoms. The zero-order chi connectivity index (χ0) is 15.5. The lowest BCUT2D eigenvalue weighted by Gasteiger charge is -2.19. The first-order chi connectivity index (χ1) is 10.6. The summed E-state index contributed by atoms with van der Waals surface area (Å²) in [4.78, 5) is 16.1. The van der Waals surface area contributed by atoms with E-state index in [1.165, 1.54) is 11.8 Å². The van der Waals surface area contributed by atoms with Crippen LogP contribution in [0.3, 0.4) is 0 Å². The molecular formula is C13H15N5O3S. The lowest BCUT2D eigenvalue weighted by Crippen LogP contribution is -2.23. The van der Waals surface area contributed by atoms with E-state index >= 15 is 0 Å². The summed E-state index contributed by atoms with van der Waals surface area (Å²) in [5.41, 5.74) is 6.10. The number of ether oxygens (including phenoxy) is 2. The molecule has 0 fully saturated rings. The maximum atomic E-state index is 12.2. The number of thioether (sulfide) groups is 1. The van der Waals surface area contributed by atoms with Crippen molar-refractivity contribution in [2.45, 2.75) is 17.3 Å². The van der Waals surface area contributed by atoms with E-state index in [2.05, 4.69) is 20.5 Å². The lowest BCUT2D eigenvalue weighted by molar-refractivity contribution is -0.115. The van der Waals surface area contributed by atoms with Gasteiger partial charge in [-0.05, 0) is 19.1 Å². The molecule has 2 heterocycles. The number of H-pyrrole nitrogens is 1. The van der Waals surface area contributed by atoms with Gasteiger partial charge in [0.25, 0.3) is 0 Å². The van der Waals surface area contributed by atoms with E-state index in [0.29, 0.717) is 35.6 Å². The highest BCUT2D eigenvalue weighted by Crippen LogP contribution is 2.33. The second-order valence-electron chi connectivity index (χ2n) is 4.61. The second kappa shape index (κ2) is 6.14. The minimum Gasteiger partial charge on any atom is -0.486 e. The average Bonchev–Trinajstić information content (AvgIpc) is 2.92. The van der Waals surface area contributed by atoms with Gasteiger partial charge >= 0.3 is 0 Å². The summed E-state index contributed by atoms with van der Waals surface area (Å²) in [5.74, 6) is 1.38. The van der Waals surface area contributed by atoms with Crippen molar-refractivity contribution >= 4 is 29.3 Å². The molecule has 1 aromatic carbocycles. The van der Waals surface area contributed by atoms with Crippen molar-refractivity contribution in [2.75, 3.05) is 24.3 Å². The van der Waals surface area contributed by atoms with Crippen LogP contribution >= 0.6 is 11.8 Å². The molecule has 0 radical (unpaired) electrons. The van der Waals surface area contributed by atoms with Crippen LogP contribution in [0, 0.1) is 0 Å². The molecule has 0 bridgehead atoms. The minimum absolute atomic E-state index is 0.162. The van der Waals surface area contributed by atoms with Crippen LogP contribution < -0.4 is 20.5 Å². The van der Waals surface area contributed by atoms with Gasteiger partial charge in [-0.25, -0.2) is 5.10 Å². The van der Waals surface area contributed by atoms with Crippen molar-refractivity contribution in [3.63, 3.8) is 0 Å². The van der Waals surface area contributed by atoms with Crippen LogP contribution in [-0.2, 0) is 4.79 Å². The van der Waals surface area contributed by atoms with Gasteiger partial charge in [-0.2, -0.15) is 4.98 Å². The Balaban J connectivity index is 1.63. The molecule has 1 amide bonds. The predicted octanol–water partition coefficient (Wildman–Crippen LogP) is 1.28. The van der Waals surface area contributed by atoms with Gasteiger partial charge in [0.15, 0.2) is 11.5 Å². The van der Waals surface area contributed by atoms with Gasteiger partial charge in [0.1, 0.15) is 13.2 Å². The van der Waals surface area contributed by atoms with E-state index in [0.717, 1.165) is 0 Å². The molecule has 9 heteroatoms. The van der Waals surface area contributed by atoms with Crippen LogP contribution in [0.4, 0.5) is 11.6 Å². The number of aromatic amines is 1. The van der Waals surface area contributed by atoms with Gasteiger partial charge in [-0.15, -0.1) is 5.10 Å². The summed E-state index contributed by atoms with van der Waals surface area (Å²) >= 11 is 1.22. The van der Waals surface area contributed by atoms with Crippen molar-refractivity contribution in [1.29, 1.82) is 0 Å². The Bertz CT molecular complexity index is 690. The van der Waals surface area contributed by atoms with E-state index in [1.807, 2.05) is 0 Å². The Hall–Kier alpha value is -2.42. The molecule has 116 valence electrons. The lowest BCUT2D eigenvalue weighted by atomic mass is 10.2. The van der Waals surface area contributed by atoms with Crippen molar-refractivity contribution in [1.82, 2.24) is 15.2 Å². The Morgan fingerprint density at radius 1 is 1.41 bits per heavy atom. The van der Waals surface area contributed by atoms with Crippen molar-refractivity contribution in [3.8, 4) is 11.5 Å². The number of fused-ring (bicyclic) bond motifs is 1. The van der Waals surface area contributed by atoms with Crippen molar-refractivity contribution in [3.05, 3.63) is 18.2 Å². The Labute approximate surface area is 130 Å². The molecule has 1 aliphatic rings. The summed E-state index contributed by atoms with van der Waals surface area (Å²) in [6.07, 6.45) is 0. The molecule has 0 saturated carbocycles. The maximum Gasteiger partial charge on any atom is 0.237 e. The Morgan fingerprint density at radius 3 is 2.91 bits per heavy atom. The molecule has 22 heavy (non-hydrogen) atoms. The molecule has 1 aliphatic heterocycles. The first kappa shape index (κ1) is 14.5. The van der Waals surface area contributed by atoms with Gasteiger partial charge < -0.3 is 20.5 Å². The molecule has 3 rings (SSSR count). The number of carbonyl (C=O) groups is 1. The molecule has 1 aromatic heterocycles. The fourth-order valence-electron chi connectivity index (χ4n) is 1.89. The number of hydrogen-bond donors (Lipinski definition) is 3. The van der Waals surface area contributed by atoms with Gasteiger partial charge in [0.2, 0.25) is 17.0 Å². The zero-order valence-corrected chi connectivity index (χ0v) is 12.6. The minimum atomic E-state index is -0.372. The summed E-state index contributed by atoms with van der Waals surface area (Å²) in [5, 5.41) is 9.31. The highest BCUT2D eigenvalue weighted by molar-refractivity contribution is 8.00. The van der Waals surface area contributed by atoms with Gasteiger partial charge in [-0.3, -0.25) is 4.79 Å². The van der Waals surface area contributed by atoms with E-state index < -0.39 is 0 Å². The number of amides is 1. The third kappa shape index (κ3) is 3.25. The van der Waals surface area contributed by atoms with E-state index in [-0.39, 0.29) is 17.1 Å². The molecule has 0 saturated heterocycles. The summed E-state index contributed by atoms with van der Waals surface area (Å²) in [6.45, 7) is 2.81. The monoisotopic (exact) mass is 321 g/mol. The largest absolute Gasteiger partial charge is 0.486 e. The molecule has 8 nitrogen and oxygen atoms in total. The number of rotatable bonds is 4. The number of nitrogen functional groups attached to an aromatic ring is 1. The first-order valence-corrected chi connectivity index (χ1v) is 7.55. The van der Waals surface area contributed by atoms with E-state index in [9.17, 15) is 4.79 Å². The number of aromatic nitrogens is 3. The van der Waals surface area contributed by atoms with E-state index in [1.54, 1.807) is 25.1 Å². The summed E-state index contributed by atoms with van der Waals surface area (Å²) in [7, 11) is 0. The second-order valence-corrected chi connectivity index (χ2v) is 5.92. The average molecular weight is 321 g/mol. The normalized spacial score (nSPS) is 14.4. The van der Waals surface area contributed by atoms with Gasteiger partial charge in [0, 0.05) is 11.8 Å². The fraction of sp³-hybridized carbons (Fsp3) is 0.308. The van der Waals surface area contributed by atoms with Crippen LogP contribution in [0.2, 0.25) is 0 Å². The predicted molar refractivity (Wildman–Crippen MR) is 82.2 cm³/mol. The zero-order valence-electron chi connectivity index (χ0n) is 11.8. The van der Waals surface area contributed by atoms with Crippen LogP contribution in [0.25, 0.3) is 0 Å². The molecular weight excluding hydrogens is 306 g/mol. The summed E-state index contributed by atoms with van der Waals surface area (Å²) in [6, 6.07) is 5.29. The third-order valence-corrected chi connectivity index (χ3v) is 3.90. The first-order valence-electron chi connectivity index (χ1n) is 6.67. The highest BCUT2D eigenvalue weighted by Gasteiger charge is 2.18. The Kier molecular flexibility index (Phi) is 4.05. The SMILES string of the molecule is C[C@H](Sc1n[nH]c(N)n1)C(=O)Nc1ccc2c(c1)OCCO2. The van der Waals surface area contributed by atoms with Crippen molar-refractivity contribution in [2.24, 2.45) is 0 Å². The fourth-order valence-corrected chi connectivity index (χ4v) is 2.62. The highest BCUT2D eigenvalue weighted by atomic mass is 32.2. The standard InChI is InChI=1S/C13H15N5O3S/c1-7(22-13-16-12(14)17-18-13)11(19)15-8-2-3-9-10(6-8)21-5-4-20-9/h2-3,6-7H,4-5H2,1H3,(H,15,19)(H3,14,16,17,18)/t7-/m0/s1. The Morgan fingerprint density at radius 2 is 2.18 bits per heavy atom. The molecule has 1 atom stereocenters. The van der Waals surface area contributed by atoms with Crippen LogP contribution in [0.5, 0.6) is 11.5 Å². The van der Waals surface area contributed by atoms with Gasteiger partial charge in [0.05, 0.1) is 5.25 Å². The quantitative estimate of drug-likeness (QED) is 0.726. The molecule has 0 unspecified atom stereocenters. The molecule has 4 N–H and O–H groups in total. The molecule has 0 aliphatic carbocycles. The number of hydrogen-bond acceptors (Lipinski definition) is 7. The maximum absolute atomic E-state index is 12.2. The number of nitrogens with zero attached hydrogens (tertiary/aromatic N) is 2. The number of anilines is 2. The molecule has 2 aromatic rings. The number of benzene rings is 1. The van der Waals surface area contributed by atoms with Crippen LogP contribution in [0.15, 0.2) is 23.4 Å².